The van der Waals surface area contributed by atoms with Crippen LogP contribution in [0.15, 0.2) is 179 Å². The Hall–Kier alpha value is -7.25. The summed E-state index contributed by atoms with van der Waals surface area (Å²) in [5.41, 5.74) is 13.1. The number of pyridine rings is 1. The molecule has 1 radical (unpaired) electrons. The topological polar surface area (TPSA) is 69.9 Å². The second-order valence-electron chi connectivity index (χ2n) is 16.6. The number of fused-ring (bicyclic) bond motifs is 4. The maximum atomic E-state index is 14.9. The van der Waals surface area contributed by atoms with Gasteiger partial charge in [0.15, 0.2) is 0 Å². The Kier molecular flexibility index (Phi) is 11.4. The summed E-state index contributed by atoms with van der Waals surface area (Å²) in [5.74, 6) is 1.56. The van der Waals surface area contributed by atoms with Crippen LogP contribution in [0.25, 0.3) is 95.1 Å². The Morgan fingerprint density at radius 2 is 1.35 bits per heavy atom. The molecule has 0 aliphatic carbocycles. The summed E-state index contributed by atoms with van der Waals surface area (Å²) < 4.78 is 51.4. The Morgan fingerprint density at radius 1 is 0.636 bits per heavy atom. The van der Waals surface area contributed by atoms with Gasteiger partial charge in [0.25, 0.3) is 0 Å². The van der Waals surface area contributed by atoms with Crippen molar-refractivity contribution in [3.8, 4) is 62.2 Å². The van der Waals surface area contributed by atoms with E-state index >= 15 is 0 Å². The van der Waals surface area contributed by atoms with Gasteiger partial charge in [-0.05, 0) is 70.9 Å². The van der Waals surface area contributed by atoms with Crippen LogP contribution in [0, 0.1) is 25.0 Å². The molecule has 0 saturated heterocycles. The molecule has 0 aliphatic heterocycles. The SMILES string of the molecule is CC(C)c1cccc(C(C)C)c1-n1c(-c2[c-]ccc3c2oc2cc(-c4nc(-c5ccccc5)c(F)o4)ccc23)nc2ccccc21.[2H]C([2H])([2H])c1ccc(-c2[c-]ccc(-c3ccccc3)c2)nc1.[Ir]. The minimum atomic E-state index is -2.12. The van der Waals surface area contributed by atoms with Crippen molar-refractivity contribution in [2.24, 2.45) is 0 Å². The molecule has 11 aromatic rings. The van der Waals surface area contributed by atoms with Gasteiger partial charge in [0.2, 0.25) is 5.89 Å². The molecule has 0 amide bonds. The maximum Gasteiger partial charge on any atom is 0.306 e. The van der Waals surface area contributed by atoms with E-state index in [2.05, 4.69) is 84.7 Å². The number of halogens is 1. The number of oxazole rings is 1. The standard InChI is InChI=1S/C40H31FN3O2.C18H14N.Ir/c1-23(2)27-14-10-15-28(24(3)4)36(27)44-33-19-9-8-18-32(33)42-39(44)31-17-11-16-30-29-21-20-26(22-34(29)45-37(30)31)40-43-35(38(41)46-40)25-12-6-5-7-13-25;1-14-10-11-18(19-13-14)17-9-5-8-16(12-17)15-6-3-2-4-7-15;/h5-16,18-24H,1-4H3;2-8,10-13H,1H3;/q2*-1;/i;1D3;. The summed E-state index contributed by atoms with van der Waals surface area (Å²) in [6, 6.07) is 58.8. The quantitative estimate of drug-likeness (QED) is 0.142. The Balaban J connectivity index is 0.000000217. The van der Waals surface area contributed by atoms with Crippen LogP contribution in [0.3, 0.4) is 0 Å². The molecule has 0 unspecified atom stereocenters. The molecule has 0 N–H and O–H groups in total. The number of para-hydroxylation sites is 3. The molecule has 0 fully saturated rings. The number of nitrogens with zero attached hydrogens (tertiary/aromatic N) is 4. The average Bonchev–Trinajstić information content (AvgIpc) is 4.07. The minimum absolute atomic E-state index is 0. The van der Waals surface area contributed by atoms with Crippen LogP contribution in [-0.4, -0.2) is 19.5 Å². The predicted octanol–water partition coefficient (Wildman–Crippen LogP) is 15.6. The molecular weight excluding hydrogens is 996 g/mol. The second kappa shape index (κ2) is 18.7. The number of rotatable bonds is 8. The fourth-order valence-corrected chi connectivity index (χ4v) is 8.41. The van der Waals surface area contributed by atoms with Gasteiger partial charge in [0.05, 0.1) is 22.4 Å². The first kappa shape index (κ1) is 40.3. The zero-order valence-electron chi connectivity index (χ0n) is 39.6. The molecule has 0 atom stereocenters. The molecule has 7 aromatic carbocycles. The summed E-state index contributed by atoms with van der Waals surface area (Å²) >= 11 is 0. The minimum Gasteiger partial charge on any atom is -0.501 e. The van der Waals surface area contributed by atoms with Crippen molar-refractivity contribution in [1.82, 2.24) is 19.5 Å². The number of benzene rings is 7. The smallest absolute Gasteiger partial charge is 0.306 e. The third kappa shape index (κ3) is 8.42. The second-order valence-corrected chi connectivity index (χ2v) is 16.6. The van der Waals surface area contributed by atoms with Gasteiger partial charge in [0, 0.05) is 52.6 Å². The van der Waals surface area contributed by atoms with Crippen molar-refractivity contribution < 1.29 is 37.4 Å². The van der Waals surface area contributed by atoms with Gasteiger partial charge >= 0.3 is 6.01 Å². The molecule has 8 heteroatoms. The van der Waals surface area contributed by atoms with E-state index in [0.717, 1.165) is 55.6 Å². The summed E-state index contributed by atoms with van der Waals surface area (Å²) in [4.78, 5) is 13.9. The van der Waals surface area contributed by atoms with Crippen LogP contribution in [0.1, 0.15) is 60.3 Å². The van der Waals surface area contributed by atoms with E-state index in [1.54, 1.807) is 12.1 Å². The zero-order valence-corrected chi connectivity index (χ0v) is 39.0. The van der Waals surface area contributed by atoms with Gasteiger partial charge < -0.3 is 18.4 Å². The number of hydrogen-bond acceptors (Lipinski definition) is 5. The first-order valence-corrected chi connectivity index (χ1v) is 21.7. The molecular formula is C58H45FIrN4O2-2. The molecule has 4 aromatic heterocycles. The van der Waals surface area contributed by atoms with Crippen molar-refractivity contribution in [2.45, 2.75) is 46.4 Å². The van der Waals surface area contributed by atoms with Crippen LogP contribution in [0.4, 0.5) is 4.39 Å². The van der Waals surface area contributed by atoms with Gasteiger partial charge in [-0.1, -0.05) is 148 Å². The van der Waals surface area contributed by atoms with Crippen LogP contribution in [0.2, 0.25) is 0 Å². The van der Waals surface area contributed by atoms with Gasteiger partial charge in [0.1, 0.15) is 11.3 Å². The van der Waals surface area contributed by atoms with Crippen molar-refractivity contribution in [2.75, 3.05) is 0 Å². The monoisotopic (exact) mass is 1040 g/mol. The molecule has 66 heavy (non-hydrogen) atoms. The molecule has 0 spiro atoms. The van der Waals surface area contributed by atoms with E-state index < -0.39 is 12.9 Å². The summed E-state index contributed by atoms with van der Waals surface area (Å²) in [5, 5.41) is 1.87. The number of aryl methyl sites for hydroxylation is 1. The third-order valence-electron chi connectivity index (χ3n) is 11.6. The van der Waals surface area contributed by atoms with E-state index in [4.69, 9.17) is 17.9 Å². The Bertz CT molecular complexity index is 3560. The molecule has 6 nitrogen and oxygen atoms in total. The van der Waals surface area contributed by atoms with E-state index in [0.29, 0.717) is 39.8 Å². The normalized spacial score (nSPS) is 12.2. The van der Waals surface area contributed by atoms with Crippen LogP contribution in [0.5, 0.6) is 0 Å². The fourth-order valence-electron chi connectivity index (χ4n) is 8.41. The predicted molar refractivity (Wildman–Crippen MR) is 260 cm³/mol. The molecule has 0 bridgehead atoms. The molecule has 11 rings (SSSR count). The largest absolute Gasteiger partial charge is 0.501 e. The number of imidazole rings is 1. The van der Waals surface area contributed by atoms with Gasteiger partial charge in [-0.3, -0.25) is 4.98 Å². The van der Waals surface area contributed by atoms with Crippen molar-refractivity contribution in [3.63, 3.8) is 0 Å². The third-order valence-corrected chi connectivity index (χ3v) is 11.6. The van der Waals surface area contributed by atoms with Crippen molar-refractivity contribution in [3.05, 3.63) is 205 Å². The van der Waals surface area contributed by atoms with E-state index in [1.807, 2.05) is 121 Å². The zero-order chi connectivity index (χ0) is 47.1. The Morgan fingerprint density at radius 3 is 2.06 bits per heavy atom. The summed E-state index contributed by atoms with van der Waals surface area (Å²) in [6.07, 6.45) is 1.41. The van der Waals surface area contributed by atoms with Crippen molar-refractivity contribution >= 4 is 33.0 Å². The molecule has 327 valence electrons. The molecule has 4 heterocycles. The summed E-state index contributed by atoms with van der Waals surface area (Å²) in [7, 11) is 0. The van der Waals surface area contributed by atoms with Crippen molar-refractivity contribution in [1.29, 1.82) is 0 Å². The maximum absolute atomic E-state index is 14.9. The van der Waals surface area contributed by atoms with E-state index in [9.17, 15) is 4.39 Å². The average molecular weight is 1040 g/mol. The van der Waals surface area contributed by atoms with E-state index in [1.165, 1.54) is 17.3 Å². The Labute approximate surface area is 401 Å². The number of hydrogen-bond donors (Lipinski definition) is 0. The summed E-state index contributed by atoms with van der Waals surface area (Å²) in [6.45, 7) is 6.80. The van der Waals surface area contributed by atoms with E-state index in [-0.39, 0.29) is 37.3 Å². The first-order chi connectivity index (χ1) is 32.9. The van der Waals surface area contributed by atoms with Gasteiger partial charge in [-0.25, -0.2) is 4.98 Å². The first-order valence-electron chi connectivity index (χ1n) is 23.2. The van der Waals surface area contributed by atoms with Crippen LogP contribution >= 0.6 is 0 Å². The molecule has 0 saturated carbocycles. The fraction of sp³-hybridized carbons (Fsp3) is 0.121. The number of furan rings is 1. The van der Waals surface area contributed by atoms with Crippen LogP contribution < -0.4 is 0 Å². The van der Waals surface area contributed by atoms with Gasteiger partial charge in [-0.15, -0.1) is 53.6 Å². The number of aromatic nitrogens is 4. The van der Waals surface area contributed by atoms with Gasteiger partial charge in [-0.2, -0.15) is 4.39 Å². The van der Waals surface area contributed by atoms with Crippen LogP contribution in [-0.2, 0) is 20.1 Å². The molecule has 0 aliphatic rings.